The molecular weight excluding hydrogens is 418 g/mol. The van der Waals surface area contributed by atoms with Gasteiger partial charge in [0, 0.05) is 26.7 Å². The topological polar surface area (TPSA) is 29.5 Å². The number of hydrogen-bond donors (Lipinski definition) is 0. The number of nitrogens with zero attached hydrogens (tertiary/aromatic N) is 1. The first-order chi connectivity index (χ1) is 8.02. The summed E-state index contributed by atoms with van der Waals surface area (Å²) < 4.78 is 7.09. The van der Waals surface area contributed by atoms with E-state index in [-0.39, 0.29) is 10.7 Å². The van der Waals surface area contributed by atoms with Crippen molar-refractivity contribution in [2.24, 2.45) is 0 Å². The van der Waals surface area contributed by atoms with Crippen LogP contribution in [-0.2, 0) is 4.79 Å². The maximum atomic E-state index is 11.9. The van der Waals surface area contributed by atoms with Gasteiger partial charge in [0.05, 0.1) is 7.11 Å². The van der Waals surface area contributed by atoms with Crippen LogP contribution in [0.3, 0.4) is 0 Å². The number of carbonyl (C=O) groups is 1. The van der Waals surface area contributed by atoms with E-state index in [1.807, 2.05) is 12.1 Å². The number of hydrogen-bond acceptors (Lipinski definition) is 2. The normalized spacial score (nSPS) is 19.9. The van der Waals surface area contributed by atoms with Crippen molar-refractivity contribution in [3.05, 3.63) is 21.1 Å². The van der Waals surface area contributed by atoms with Gasteiger partial charge in [-0.2, -0.15) is 0 Å². The zero-order valence-electron chi connectivity index (χ0n) is 9.04. The minimum absolute atomic E-state index is 0.105. The Labute approximate surface area is 125 Å². The molecule has 1 aliphatic heterocycles. The van der Waals surface area contributed by atoms with Crippen molar-refractivity contribution in [2.75, 3.05) is 18.6 Å². The minimum Gasteiger partial charge on any atom is -0.494 e. The van der Waals surface area contributed by atoms with Crippen LogP contribution in [0.1, 0.15) is 6.42 Å². The van der Waals surface area contributed by atoms with Crippen molar-refractivity contribution in [3.63, 3.8) is 0 Å². The van der Waals surface area contributed by atoms with Crippen LogP contribution in [0.5, 0.6) is 5.75 Å². The molecule has 1 atom stereocenters. The van der Waals surface area contributed by atoms with Gasteiger partial charge in [0.2, 0.25) is 5.91 Å². The summed E-state index contributed by atoms with van der Waals surface area (Å²) in [5.41, 5.74) is 0.794. The number of amides is 1. The Morgan fingerprint density at radius 2 is 2.12 bits per heavy atom. The van der Waals surface area contributed by atoms with Crippen LogP contribution in [0.4, 0.5) is 5.69 Å². The molecule has 0 spiro atoms. The van der Waals surface area contributed by atoms with Crippen molar-refractivity contribution < 1.29 is 9.53 Å². The lowest BCUT2D eigenvalue weighted by atomic mass is 10.2. The van der Waals surface area contributed by atoms with Crippen LogP contribution in [0, 0.1) is 0 Å². The van der Waals surface area contributed by atoms with E-state index in [0.29, 0.717) is 18.7 Å². The van der Waals surface area contributed by atoms with Gasteiger partial charge < -0.3 is 9.64 Å². The van der Waals surface area contributed by atoms with E-state index in [0.717, 1.165) is 14.6 Å². The van der Waals surface area contributed by atoms with Gasteiger partial charge in [-0.05, 0) is 28.1 Å². The summed E-state index contributed by atoms with van der Waals surface area (Å²) in [6, 6.07) is 3.77. The maximum absolute atomic E-state index is 11.9. The Bertz CT molecular complexity index is 464. The Kier molecular flexibility index (Phi) is 4.15. The number of halogens is 3. The summed E-state index contributed by atoms with van der Waals surface area (Å²) in [7, 11) is 1.60. The summed E-state index contributed by atoms with van der Waals surface area (Å²) in [6.45, 7) is 0.662. The van der Waals surface area contributed by atoms with Gasteiger partial charge in [0.25, 0.3) is 0 Å². The Hall–Kier alpha value is -0.0700. The standard InChI is InChI=1S/C11H10Br3NO2/c1-17-9-3-6(12)2-8(14)11(9)15-5-7(13)4-10(15)16/h2-3,7H,4-5H2,1H3. The average Bonchev–Trinajstić information content (AvgIpc) is 2.56. The van der Waals surface area contributed by atoms with Crippen LogP contribution in [0.25, 0.3) is 0 Å². The highest BCUT2D eigenvalue weighted by molar-refractivity contribution is 9.11. The van der Waals surface area contributed by atoms with E-state index >= 15 is 0 Å². The predicted molar refractivity (Wildman–Crippen MR) is 78.1 cm³/mol. The van der Waals surface area contributed by atoms with Crippen LogP contribution in [0.2, 0.25) is 0 Å². The molecule has 1 heterocycles. The molecule has 0 bridgehead atoms. The lowest BCUT2D eigenvalue weighted by Crippen LogP contribution is -2.25. The summed E-state index contributed by atoms with van der Waals surface area (Å²) >= 11 is 10.4. The number of anilines is 1. The molecule has 0 N–H and O–H groups in total. The fourth-order valence-corrected chi connectivity index (χ4v) is 3.81. The molecule has 0 radical (unpaired) electrons. The zero-order valence-corrected chi connectivity index (χ0v) is 13.8. The van der Waals surface area contributed by atoms with Crippen LogP contribution < -0.4 is 9.64 Å². The van der Waals surface area contributed by atoms with E-state index in [1.54, 1.807) is 12.0 Å². The fourth-order valence-electron chi connectivity index (χ4n) is 1.84. The third-order valence-corrected chi connectivity index (χ3v) is 4.24. The SMILES string of the molecule is COc1cc(Br)cc(Br)c1N1CC(Br)CC1=O. The zero-order chi connectivity index (χ0) is 12.6. The molecule has 1 aliphatic rings. The molecule has 2 rings (SSSR count). The first kappa shape index (κ1) is 13.4. The molecule has 0 aliphatic carbocycles. The lowest BCUT2D eigenvalue weighted by molar-refractivity contribution is -0.117. The van der Waals surface area contributed by atoms with Crippen molar-refractivity contribution >= 4 is 59.4 Å². The molecule has 17 heavy (non-hydrogen) atoms. The number of rotatable bonds is 2. The highest BCUT2D eigenvalue weighted by atomic mass is 79.9. The van der Waals surface area contributed by atoms with Gasteiger partial charge in [-0.3, -0.25) is 4.79 Å². The van der Waals surface area contributed by atoms with Gasteiger partial charge in [-0.25, -0.2) is 0 Å². The second kappa shape index (κ2) is 5.28. The largest absolute Gasteiger partial charge is 0.494 e. The quantitative estimate of drug-likeness (QED) is 0.673. The van der Waals surface area contributed by atoms with Gasteiger partial charge in [0.1, 0.15) is 11.4 Å². The molecule has 6 heteroatoms. The summed E-state index contributed by atoms with van der Waals surface area (Å²) in [6.07, 6.45) is 0.520. The van der Waals surface area contributed by atoms with E-state index in [2.05, 4.69) is 47.8 Å². The van der Waals surface area contributed by atoms with Gasteiger partial charge in [-0.1, -0.05) is 31.9 Å². The monoisotopic (exact) mass is 425 g/mol. The molecule has 1 fully saturated rings. The highest BCUT2D eigenvalue weighted by Crippen LogP contribution is 2.41. The van der Waals surface area contributed by atoms with Crippen molar-refractivity contribution in [1.82, 2.24) is 0 Å². The molecule has 1 aromatic carbocycles. The second-order valence-corrected chi connectivity index (χ2v) is 6.81. The summed E-state index contributed by atoms with van der Waals surface area (Å²) in [4.78, 5) is 13.8. The third-order valence-electron chi connectivity index (χ3n) is 2.56. The van der Waals surface area contributed by atoms with Gasteiger partial charge in [-0.15, -0.1) is 0 Å². The van der Waals surface area contributed by atoms with Gasteiger partial charge in [0.15, 0.2) is 0 Å². The van der Waals surface area contributed by atoms with Crippen molar-refractivity contribution in [3.8, 4) is 5.75 Å². The molecule has 0 aromatic heterocycles. The van der Waals surface area contributed by atoms with Gasteiger partial charge >= 0.3 is 0 Å². The molecule has 1 aromatic rings. The summed E-state index contributed by atoms with van der Waals surface area (Å²) in [5.74, 6) is 0.786. The van der Waals surface area contributed by atoms with E-state index in [4.69, 9.17) is 4.74 Å². The Morgan fingerprint density at radius 1 is 1.41 bits per heavy atom. The molecule has 1 saturated heterocycles. The first-order valence-corrected chi connectivity index (χ1v) is 7.50. The van der Waals surface area contributed by atoms with Crippen LogP contribution in [0.15, 0.2) is 21.1 Å². The lowest BCUT2D eigenvalue weighted by Gasteiger charge is -2.21. The third kappa shape index (κ3) is 2.69. The second-order valence-electron chi connectivity index (χ2n) is 3.74. The van der Waals surface area contributed by atoms with Crippen LogP contribution >= 0.6 is 47.8 Å². The number of ether oxygens (including phenoxy) is 1. The van der Waals surface area contributed by atoms with E-state index in [1.165, 1.54) is 0 Å². The van der Waals surface area contributed by atoms with Crippen LogP contribution in [-0.4, -0.2) is 24.4 Å². The Balaban J connectivity index is 2.47. The fraction of sp³-hybridized carbons (Fsp3) is 0.364. The molecular formula is C11H10Br3NO2. The molecule has 0 saturated carbocycles. The smallest absolute Gasteiger partial charge is 0.228 e. The summed E-state index contributed by atoms with van der Waals surface area (Å²) in [5, 5.41) is 0. The van der Waals surface area contributed by atoms with E-state index in [9.17, 15) is 4.79 Å². The number of carbonyl (C=O) groups excluding carboxylic acids is 1. The average molecular weight is 428 g/mol. The number of methoxy groups -OCH3 is 1. The molecule has 92 valence electrons. The molecule has 1 amide bonds. The molecule has 3 nitrogen and oxygen atoms in total. The minimum atomic E-state index is 0.105. The number of benzene rings is 1. The van der Waals surface area contributed by atoms with Crippen molar-refractivity contribution in [1.29, 1.82) is 0 Å². The number of alkyl halides is 1. The predicted octanol–water partition coefficient (Wildman–Crippen LogP) is 3.72. The highest BCUT2D eigenvalue weighted by Gasteiger charge is 2.32. The maximum Gasteiger partial charge on any atom is 0.228 e. The van der Waals surface area contributed by atoms with E-state index < -0.39 is 0 Å². The van der Waals surface area contributed by atoms with Crippen molar-refractivity contribution in [2.45, 2.75) is 11.2 Å². The molecule has 1 unspecified atom stereocenters. The Morgan fingerprint density at radius 3 is 2.65 bits per heavy atom. The first-order valence-electron chi connectivity index (χ1n) is 5.00.